The normalized spacial score (nSPS) is 21.4. The number of hydrogen-bond acceptors (Lipinski definition) is 8. The molecule has 0 aromatic rings. The molecule has 0 heterocycles. The van der Waals surface area contributed by atoms with Crippen molar-refractivity contribution in [2.24, 2.45) is 0 Å². The number of hydrogen-bond donors (Lipinski definition) is 8. The lowest BCUT2D eigenvalue weighted by Crippen LogP contribution is -2.55. The molecule has 0 spiro atoms. The Balaban J connectivity index is 4.38. The van der Waals surface area contributed by atoms with Gasteiger partial charge in [0.05, 0.1) is 6.61 Å². The fourth-order valence-corrected chi connectivity index (χ4v) is 0.751. The Bertz CT molecular complexity index is 166. The van der Waals surface area contributed by atoms with Crippen LogP contribution in [0.3, 0.4) is 0 Å². The average molecular weight is 214 g/mol. The topological polar surface area (TPSA) is 162 Å². The summed E-state index contributed by atoms with van der Waals surface area (Å²) < 4.78 is 0. The van der Waals surface area contributed by atoms with Crippen molar-refractivity contribution in [3.05, 3.63) is 0 Å². The summed E-state index contributed by atoms with van der Waals surface area (Å²) in [5.41, 5.74) is 0. The molecular formula is C6H14O8. The van der Waals surface area contributed by atoms with Crippen molar-refractivity contribution in [1.29, 1.82) is 0 Å². The fourth-order valence-electron chi connectivity index (χ4n) is 0.751. The fraction of sp³-hybridized carbons (Fsp3) is 1.00. The number of aliphatic hydroxyl groups excluding tert-OH is 5. The van der Waals surface area contributed by atoms with Gasteiger partial charge in [0.15, 0.2) is 6.10 Å². The molecule has 0 radical (unpaired) electrons. The molecule has 0 aromatic carbocycles. The monoisotopic (exact) mass is 214 g/mol. The molecule has 0 fully saturated rings. The van der Waals surface area contributed by atoms with E-state index in [0.717, 1.165) is 0 Å². The van der Waals surface area contributed by atoms with E-state index in [2.05, 4.69) is 0 Å². The van der Waals surface area contributed by atoms with Crippen molar-refractivity contribution in [3.8, 4) is 0 Å². The Morgan fingerprint density at radius 1 is 0.857 bits per heavy atom. The highest BCUT2D eigenvalue weighted by atomic mass is 16.7. The molecule has 0 saturated heterocycles. The van der Waals surface area contributed by atoms with Crippen LogP contribution < -0.4 is 0 Å². The Kier molecular flexibility index (Phi) is 4.84. The highest BCUT2D eigenvalue weighted by molar-refractivity contribution is 4.83. The molecule has 0 amide bonds. The lowest BCUT2D eigenvalue weighted by Gasteiger charge is -2.29. The number of aliphatic hydroxyl groups is 8. The summed E-state index contributed by atoms with van der Waals surface area (Å²) in [6.07, 6.45) is -8.53. The van der Waals surface area contributed by atoms with Gasteiger partial charge in [0.1, 0.15) is 18.3 Å². The number of rotatable bonds is 5. The van der Waals surface area contributed by atoms with Crippen molar-refractivity contribution >= 4 is 0 Å². The molecule has 8 nitrogen and oxygen atoms in total. The molecule has 14 heavy (non-hydrogen) atoms. The summed E-state index contributed by atoms with van der Waals surface area (Å²) >= 11 is 0. The first-order valence-electron chi connectivity index (χ1n) is 3.72. The Morgan fingerprint density at radius 2 is 1.29 bits per heavy atom. The van der Waals surface area contributed by atoms with E-state index in [9.17, 15) is 0 Å². The quantitative estimate of drug-likeness (QED) is 0.211. The van der Waals surface area contributed by atoms with Crippen molar-refractivity contribution < 1.29 is 40.9 Å². The molecule has 0 bridgehead atoms. The molecular weight excluding hydrogens is 200 g/mol. The Hall–Kier alpha value is -0.320. The summed E-state index contributed by atoms with van der Waals surface area (Å²) in [7, 11) is 0. The van der Waals surface area contributed by atoms with E-state index in [1.54, 1.807) is 0 Å². The van der Waals surface area contributed by atoms with Gasteiger partial charge in [0.2, 0.25) is 0 Å². The van der Waals surface area contributed by atoms with Gasteiger partial charge < -0.3 is 40.9 Å². The first-order chi connectivity index (χ1) is 6.21. The van der Waals surface area contributed by atoms with Crippen LogP contribution in [0.5, 0.6) is 0 Å². The predicted octanol–water partition coefficient (Wildman–Crippen LogP) is -4.95. The average Bonchev–Trinajstić information content (AvgIpc) is 2.11. The SMILES string of the molecule is OC[C@@H](O)[C@@H](O)[C@@H](O)[C@@H](O)C(O)(O)O. The zero-order valence-corrected chi connectivity index (χ0v) is 7.09. The molecule has 4 atom stereocenters. The standard InChI is InChI=1S/C6H14O8/c7-1-2(8)3(9)4(10)5(11)6(12,13)14/h2-5,7-14H,1H2/t2-,3-,4-,5-/m1/s1. The molecule has 0 rings (SSSR count). The predicted molar refractivity (Wildman–Crippen MR) is 40.5 cm³/mol. The van der Waals surface area contributed by atoms with Gasteiger partial charge >= 0.3 is 5.97 Å². The zero-order chi connectivity index (χ0) is 11.5. The van der Waals surface area contributed by atoms with Gasteiger partial charge in [-0.1, -0.05) is 0 Å². The molecule has 0 aromatic heterocycles. The van der Waals surface area contributed by atoms with Gasteiger partial charge in [-0.2, -0.15) is 0 Å². The second-order valence-electron chi connectivity index (χ2n) is 2.86. The minimum atomic E-state index is -3.60. The maximum absolute atomic E-state index is 8.97. The van der Waals surface area contributed by atoms with Crippen LogP contribution in [0.2, 0.25) is 0 Å². The summed E-state index contributed by atoms with van der Waals surface area (Å²) in [5, 5.41) is 69.1. The molecule has 0 aliphatic rings. The summed E-state index contributed by atoms with van der Waals surface area (Å²) in [4.78, 5) is 0. The minimum Gasteiger partial charge on any atom is -0.394 e. The van der Waals surface area contributed by atoms with Crippen LogP contribution in [-0.2, 0) is 0 Å². The second kappa shape index (κ2) is 4.96. The van der Waals surface area contributed by atoms with Crippen molar-refractivity contribution in [2.75, 3.05) is 6.61 Å². The zero-order valence-electron chi connectivity index (χ0n) is 7.09. The van der Waals surface area contributed by atoms with Crippen LogP contribution in [0.15, 0.2) is 0 Å². The molecule has 8 N–H and O–H groups in total. The Labute approximate surface area is 78.9 Å². The van der Waals surface area contributed by atoms with Crippen molar-refractivity contribution in [2.45, 2.75) is 30.4 Å². The maximum Gasteiger partial charge on any atom is 0.305 e. The van der Waals surface area contributed by atoms with Crippen LogP contribution >= 0.6 is 0 Å². The molecule has 0 unspecified atom stereocenters. The van der Waals surface area contributed by atoms with E-state index in [1.165, 1.54) is 0 Å². The van der Waals surface area contributed by atoms with Gasteiger partial charge in [0.25, 0.3) is 0 Å². The van der Waals surface area contributed by atoms with E-state index in [0.29, 0.717) is 0 Å². The molecule has 0 saturated carbocycles. The largest absolute Gasteiger partial charge is 0.394 e. The lowest BCUT2D eigenvalue weighted by molar-refractivity contribution is -0.371. The maximum atomic E-state index is 8.97. The molecule has 0 aliphatic heterocycles. The van der Waals surface area contributed by atoms with Crippen LogP contribution in [0.4, 0.5) is 0 Å². The van der Waals surface area contributed by atoms with Gasteiger partial charge in [-0.15, -0.1) is 0 Å². The van der Waals surface area contributed by atoms with Gasteiger partial charge in [-0.3, -0.25) is 0 Å². The smallest absolute Gasteiger partial charge is 0.305 e. The first-order valence-corrected chi connectivity index (χ1v) is 3.72. The second-order valence-corrected chi connectivity index (χ2v) is 2.86. The van der Waals surface area contributed by atoms with Crippen LogP contribution in [-0.4, -0.2) is 77.8 Å². The van der Waals surface area contributed by atoms with Gasteiger partial charge in [-0.25, -0.2) is 0 Å². The molecule has 8 heteroatoms. The van der Waals surface area contributed by atoms with E-state index in [-0.39, 0.29) is 0 Å². The summed E-state index contributed by atoms with van der Waals surface area (Å²) in [6.45, 7) is -0.903. The third kappa shape index (κ3) is 3.44. The van der Waals surface area contributed by atoms with E-state index < -0.39 is 37.0 Å². The van der Waals surface area contributed by atoms with E-state index in [4.69, 9.17) is 40.9 Å². The minimum absolute atomic E-state index is 0.903. The highest BCUT2D eigenvalue weighted by Crippen LogP contribution is 2.12. The summed E-state index contributed by atoms with van der Waals surface area (Å²) in [5.74, 6) is -3.60. The molecule has 0 aliphatic carbocycles. The summed E-state index contributed by atoms with van der Waals surface area (Å²) in [6, 6.07) is 0. The Morgan fingerprint density at radius 3 is 1.57 bits per heavy atom. The van der Waals surface area contributed by atoms with Gasteiger partial charge in [-0.05, 0) is 0 Å². The van der Waals surface area contributed by atoms with E-state index in [1.807, 2.05) is 0 Å². The van der Waals surface area contributed by atoms with Crippen LogP contribution in [0.1, 0.15) is 0 Å². The molecule has 86 valence electrons. The third-order valence-electron chi connectivity index (χ3n) is 1.65. The van der Waals surface area contributed by atoms with Crippen LogP contribution in [0, 0.1) is 0 Å². The van der Waals surface area contributed by atoms with Gasteiger partial charge in [0, 0.05) is 0 Å². The van der Waals surface area contributed by atoms with Crippen molar-refractivity contribution in [1.82, 2.24) is 0 Å². The van der Waals surface area contributed by atoms with Crippen molar-refractivity contribution in [3.63, 3.8) is 0 Å². The highest BCUT2D eigenvalue weighted by Gasteiger charge is 2.41. The third-order valence-corrected chi connectivity index (χ3v) is 1.65. The lowest BCUT2D eigenvalue weighted by atomic mass is 10.0. The first kappa shape index (κ1) is 13.7. The van der Waals surface area contributed by atoms with Crippen LogP contribution in [0.25, 0.3) is 0 Å². The van der Waals surface area contributed by atoms with E-state index >= 15 is 0 Å².